The second-order valence-corrected chi connectivity index (χ2v) is 7.19. The van der Waals surface area contributed by atoms with E-state index in [4.69, 9.17) is 5.11 Å². The van der Waals surface area contributed by atoms with E-state index in [1.54, 1.807) is 18.7 Å². The third-order valence-corrected chi connectivity index (χ3v) is 5.94. The van der Waals surface area contributed by atoms with E-state index in [1.807, 2.05) is 4.90 Å². The maximum atomic E-state index is 11.8. The molecule has 90 valence electrons. The zero-order chi connectivity index (χ0) is 11.3. The van der Waals surface area contributed by atoms with Crippen LogP contribution in [0, 0.1) is 0 Å². The number of sulfone groups is 1. The van der Waals surface area contributed by atoms with Crippen LogP contribution in [0.1, 0.15) is 13.3 Å². The fourth-order valence-electron chi connectivity index (χ4n) is 1.67. The van der Waals surface area contributed by atoms with E-state index >= 15 is 0 Å². The highest BCUT2D eigenvalue weighted by molar-refractivity contribution is 8.01. The molecule has 6 heteroatoms. The summed E-state index contributed by atoms with van der Waals surface area (Å²) in [7, 11) is -2.98. The Morgan fingerprint density at radius 3 is 2.87 bits per heavy atom. The maximum Gasteiger partial charge on any atom is 0.166 e. The van der Waals surface area contributed by atoms with Crippen molar-refractivity contribution in [1.82, 2.24) is 4.90 Å². The lowest BCUT2D eigenvalue weighted by Gasteiger charge is -2.34. The Hall–Kier alpha value is 0.220. The standard InChI is InChI=1S/C9H19NO3S2/c1-2-15(12,13)9-8-14-7-5-10(9)4-3-6-11/h9,11H,2-8H2,1H3. The first kappa shape index (κ1) is 13.3. The third kappa shape index (κ3) is 3.62. The molecule has 0 amide bonds. The Balaban J connectivity index is 2.65. The van der Waals surface area contributed by atoms with Crippen LogP contribution in [0.25, 0.3) is 0 Å². The van der Waals surface area contributed by atoms with Crippen molar-refractivity contribution < 1.29 is 13.5 Å². The zero-order valence-corrected chi connectivity index (χ0v) is 10.7. The zero-order valence-electron chi connectivity index (χ0n) is 9.05. The third-order valence-electron chi connectivity index (χ3n) is 2.61. The SMILES string of the molecule is CCS(=O)(=O)C1CSCCN1CCCO. The molecule has 0 aromatic heterocycles. The van der Waals surface area contributed by atoms with Gasteiger partial charge in [0.25, 0.3) is 0 Å². The van der Waals surface area contributed by atoms with Crippen molar-refractivity contribution in [3.8, 4) is 0 Å². The van der Waals surface area contributed by atoms with Gasteiger partial charge in [-0.05, 0) is 6.42 Å². The minimum absolute atomic E-state index is 0.128. The lowest BCUT2D eigenvalue weighted by molar-refractivity contribution is 0.221. The highest BCUT2D eigenvalue weighted by Crippen LogP contribution is 2.21. The number of rotatable bonds is 5. The van der Waals surface area contributed by atoms with Gasteiger partial charge in [0.2, 0.25) is 0 Å². The van der Waals surface area contributed by atoms with Crippen LogP contribution in [0.5, 0.6) is 0 Å². The fourth-order valence-corrected chi connectivity index (χ4v) is 4.78. The van der Waals surface area contributed by atoms with Crippen LogP contribution in [0.15, 0.2) is 0 Å². The quantitative estimate of drug-likeness (QED) is 0.757. The molecule has 1 unspecified atom stereocenters. The van der Waals surface area contributed by atoms with Crippen LogP contribution in [-0.2, 0) is 9.84 Å². The van der Waals surface area contributed by atoms with E-state index in [0.29, 0.717) is 18.7 Å². The van der Waals surface area contributed by atoms with Crippen LogP contribution in [0.4, 0.5) is 0 Å². The first-order chi connectivity index (χ1) is 7.11. The van der Waals surface area contributed by atoms with E-state index in [2.05, 4.69) is 0 Å². The number of nitrogens with zero attached hydrogens (tertiary/aromatic N) is 1. The van der Waals surface area contributed by atoms with Crippen LogP contribution in [0.2, 0.25) is 0 Å². The lowest BCUT2D eigenvalue weighted by Crippen LogP contribution is -2.48. The summed E-state index contributed by atoms with van der Waals surface area (Å²) in [4.78, 5) is 1.99. The first-order valence-corrected chi connectivity index (χ1v) is 8.13. The topological polar surface area (TPSA) is 57.6 Å². The number of aliphatic hydroxyl groups is 1. The lowest BCUT2D eigenvalue weighted by atomic mass is 10.4. The number of hydrogen-bond donors (Lipinski definition) is 1. The van der Waals surface area contributed by atoms with Gasteiger partial charge in [-0.1, -0.05) is 6.92 Å². The molecule has 1 aliphatic heterocycles. The molecular weight excluding hydrogens is 234 g/mol. The Bertz CT molecular complexity index is 279. The summed E-state index contributed by atoms with van der Waals surface area (Å²) < 4.78 is 23.6. The van der Waals surface area contributed by atoms with E-state index in [0.717, 1.165) is 12.3 Å². The second kappa shape index (κ2) is 6.08. The van der Waals surface area contributed by atoms with Crippen molar-refractivity contribution >= 4 is 21.6 Å². The molecule has 0 aromatic rings. The first-order valence-electron chi connectivity index (χ1n) is 5.26. The van der Waals surface area contributed by atoms with Crippen molar-refractivity contribution in [2.24, 2.45) is 0 Å². The smallest absolute Gasteiger partial charge is 0.166 e. The van der Waals surface area contributed by atoms with Crippen molar-refractivity contribution in [3.05, 3.63) is 0 Å². The molecule has 1 rings (SSSR count). The number of aliphatic hydroxyl groups excluding tert-OH is 1. The largest absolute Gasteiger partial charge is 0.396 e. The molecule has 15 heavy (non-hydrogen) atoms. The number of thioether (sulfide) groups is 1. The van der Waals surface area contributed by atoms with Gasteiger partial charge in [0.1, 0.15) is 5.37 Å². The molecule has 1 aliphatic rings. The minimum Gasteiger partial charge on any atom is -0.396 e. The van der Waals surface area contributed by atoms with E-state index in [-0.39, 0.29) is 17.7 Å². The van der Waals surface area contributed by atoms with Gasteiger partial charge < -0.3 is 5.11 Å². The van der Waals surface area contributed by atoms with Gasteiger partial charge in [0.15, 0.2) is 9.84 Å². The summed E-state index contributed by atoms with van der Waals surface area (Å²) in [5, 5.41) is 8.42. The molecule has 0 radical (unpaired) electrons. The van der Waals surface area contributed by atoms with Crippen molar-refractivity contribution in [3.63, 3.8) is 0 Å². The summed E-state index contributed by atoms with van der Waals surface area (Å²) in [5.74, 6) is 1.86. The molecule has 1 heterocycles. The molecule has 4 nitrogen and oxygen atoms in total. The predicted molar refractivity (Wildman–Crippen MR) is 63.8 cm³/mol. The van der Waals surface area contributed by atoms with Gasteiger partial charge in [0.05, 0.1) is 0 Å². The summed E-state index contributed by atoms with van der Waals surface area (Å²) in [5.41, 5.74) is 0. The van der Waals surface area contributed by atoms with E-state index in [9.17, 15) is 8.42 Å². The van der Waals surface area contributed by atoms with Crippen LogP contribution >= 0.6 is 11.8 Å². The average molecular weight is 253 g/mol. The molecule has 0 aliphatic carbocycles. The molecule has 0 saturated carbocycles. The predicted octanol–water partition coefficient (Wildman–Crippen LogP) is 0.178. The van der Waals surface area contributed by atoms with Crippen molar-refractivity contribution in [2.45, 2.75) is 18.7 Å². The molecule has 1 saturated heterocycles. The monoisotopic (exact) mass is 253 g/mol. The molecular formula is C9H19NO3S2. The average Bonchev–Trinajstić information content (AvgIpc) is 2.26. The van der Waals surface area contributed by atoms with E-state index < -0.39 is 9.84 Å². The minimum atomic E-state index is -2.98. The van der Waals surface area contributed by atoms with Crippen molar-refractivity contribution in [2.75, 3.05) is 37.0 Å². The van der Waals surface area contributed by atoms with Gasteiger partial charge >= 0.3 is 0 Å². The van der Waals surface area contributed by atoms with E-state index in [1.165, 1.54) is 0 Å². The van der Waals surface area contributed by atoms with Gasteiger partial charge in [-0.25, -0.2) is 8.42 Å². The molecule has 1 fully saturated rings. The van der Waals surface area contributed by atoms with Crippen LogP contribution in [-0.4, -0.2) is 60.8 Å². The molecule has 0 aromatic carbocycles. The molecule has 1 N–H and O–H groups in total. The van der Waals surface area contributed by atoms with Gasteiger partial charge in [-0.2, -0.15) is 11.8 Å². The summed E-state index contributed by atoms with van der Waals surface area (Å²) in [6, 6.07) is 0. The molecule has 0 spiro atoms. The Kier molecular flexibility index (Phi) is 5.38. The fraction of sp³-hybridized carbons (Fsp3) is 1.00. The highest BCUT2D eigenvalue weighted by atomic mass is 32.2. The Morgan fingerprint density at radius 1 is 1.53 bits per heavy atom. The summed E-state index contributed by atoms with van der Waals surface area (Å²) in [6.07, 6.45) is 0.653. The summed E-state index contributed by atoms with van der Waals surface area (Å²) >= 11 is 1.70. The van der Waals surface area contributed by atoms with Crippen LogP contribution in [0.3, 0.4) is 0 Å². The van der Waals surface area contributed by atoms with Gasteiger partial charge in [-0.15, -0.1) is 0 Å². The Labute approximate surface area is 96.0 Å². The molecule has 1 atom stereocenters. The van der Waals surface area contributed by atoms with Gasteiger partial charge in [-0.3, -0.25) is 4.90 Å². The van der Waals surface area contributed by atoms with Gasteiger partial charge in [0, 0.05) is 37.0 Å². The van der Waals surface area contributed by atoms with Crippen LogP contribution < -0.4 is 0 Å². The molecule has 0 bridgehead atoms. The normalized spacial score (nSPS) is 24.3. The Morgan fingerprint density at radius 2 is 2.27 bits per heavy atom. The maximum absolute atomic E-state index is 11.8. The highest BCUT2D eigenvalue weighted by Gasteiger charge is 2.32. The summed E-state index contributed by atoms with van der Waals surface area (Å²) in [6.45, 7) is 3.32. The second-order valence-electron chi connectivity index (χ2n) is 3.59. The number of hydrogen-bond acceptors (Lipinski definition) is 5. The van der Waals surface area contributed by atoms with Crippen molar-refractivity contribution in [1.29, 1.82) is 0 Å².